The summed E-state index contributed by atoms with van der Waals surface area (Å²) < 4.78 is 5.45. The van der Waals surface area contributed by atoms with E-state index in [0.717, 1.165) is 5.57 Å². The lowest BCUT2D eigenvalue weighted by Crippen LogP contribution is -2.42. The summed E-state index contributed by atoms with van der Waals surface area (Å²) in [5.41, 5.74) is 4.58. The fourth-order valence-corrected chi connectivity index (χ4v) is 5.25. The maximum absolute atomic E-state index is 13.8. The average Bonchev–Trinajstić information content (AvgIpc) is 3.04. The number of piperidine rings is 1. The minimum Gasteiger partial charge on any atom is -0.444 e. The molecule has 37 heavy (non-hydrogen) atoms. The first-order valence-electron chi connectivity index (χ1n) is 11.9. The Kier molecular flexibility index (Phi) is 7.29. The Labute approximate surface area is 225 Å². The number of hydrogen-bond donors (Lipinski definition) is 2. The zero-order valence-corrected chi connectivity index (χ0v) is 22.4. The van der Waals surface area contributed by atoms with Crippen molar-refractivity contribution in [3.05, 3.63) is 74.8 Å². The molecule has 1 fully saturated rings. The molecule has 3 N–H and O–H groups in total. The van der Waals surface area contributed by atoms with E-state index in [1.54, 1.807) is 29.2 Å². The van der Waals surface area contributed by atoms with Crippen LogP contribution in [0.4, 0.5) is 10.5 Å². The van der Waals surface area contributed by atoms with Gasteiger partial charge < -0.3 is 25.4 Å². The Bertz CT molecular complexity index is 1290. The van der Waals surface area contributed by atoms with Gasteiger partial charge in [-0.3, -0.25) is 9.59 Å². The molecule has 1 saturated heterocycles. The van der Waals surface area contributed by atoms with Crippen LogP contribution >= 0.6 is 23.2 Å². The number of nitrogens with two attached hydrogens (primary N) is 1. The molecule has 0 radical (unpaired) electrons. The zero-order valence-electron chi connectivity index (χ0n) is 20.9. The number of primary amides is 1. The van der Waals surface area contributed by atoms with Crippen LogP contribution in [-0.2, 0) is 15.1 Å². The van der Waals surface area contributed by atoms with Crippen LogP contribution in [0.3, 0.4) is 0 Å². The fourth-order valence-electron chi connectivity index (χ4n) is 4.63. The standard InChI is InChI=1S/C27H29Cl2N3O5/c1-26(2,3)37-25(35)31-11-8-16(9-12-31)10-13-32-21-15-17(23(30)33)14-20(29)22(21)27(36,24(32)34)18-6-4-5-7-19(18)28/h4-7,10,14-15,36H,8-9,11-13H2,1-3H3,(H2,30,33). The molecule has 8 nitrogen and oxygen atoms in total. The van der Waals surface area contributed by atoms with Crippen LogP contribution in [0.5, 0.6) is 0 Å². The minimum atomic E-state index is -2.14. The third-order valence-electron chi connectivity index (χ3n) is 6.44. The zero-order chi connectivity index (χ0) is 27.1. The molecule has 2 aliphatic heterocycles. The third-order valence-corrected chi connectivity index (χ3v) is 7.07. The van der Waals surface area contributed by atoms with Crippen molar-refractivity contribution in [1.82, 2.24) is 4.90 Å². The highest BCUT2D eigenvalue weighted by atomic mass is 35.5. The lowest BCUT2D eigenvalue weighted by Gasteiger charge is -2.31. The van der Waals surface area contributed by atoms with E-state index in [9.17, 15) is 19.5 Å². The summed E-state index contributed by atoms with van der Waals surface area (Å²) in [6, 6.07) is 9.30. The molecule has 2 aromatic rings. The van der Waals surface area contributed by atoms with Gasteiger partial charge in [0.25, 0.3) is 5.91 Å². The Morgan fingerprint density at radius 2 is 1.78 bits per heavy atom. The van der Waals surface area contributed by atoms with Crippen molar-refractivity contribution in [3.63, 3.8) is 0 Å². The van der Waals surface area contributed by atoms with Crippen molar-refractivity contribution < 1.29 is 24.2 Å². The smallest absolute Gasteiger partial charge is 0.410 e. The first-order valence-corrected chi connectivity index (χ1v) is 12.7. The van der Waals surface area contributed by atoms with Gasteiger partial charge in [0.1, 0.15) is 5.60 Å². The van der Waals surface area contributed by atoms with Crippen molar-refractivity contribution in [2.45, 2.75) is 44.8 Å². The Hall–Kier alpha value is -3.07. The van der Waals surface area contributed by atoms with Crippen molar-refractivity contribution in [1.29, 1.82) is 0 Å². The van der Waals surface area contributed by atoms with Gasteiger partial charge in [0.05, 0.1) is 10.7 Å². The predicted octanol–water partition coefficient (Wildman–Crippen LogP) is 4.63. The summed E-state index contributed by atoms with van der Waals surface area (Å²) in [5.74, 6) is -1.35. The second-order valence-corrected chi connectivity index (χ2v) is 11.0. The number of halogens is 2. The first-order chi connectivity index (χ1) is 17.3. The van der Waals surface area contributed by atoms with E-state index in [-0.39, 0.29) is 45.1 Å². The highest BCUT2D eigenvalue weighted by Crippen LogP contribution is 2.49. The molecule has 0 aliphatic carbocycles. The summed E-state index contributed by atoms with van der Waals surface area (Å²) in [4.78, 5) is 41.1. The van der Waals surface area contributed by atoms with Crippen molar-refractivity contribution in [2.24, 2.45) is 5.73 Å². The second kappa shape index (κ2) is 10.0. The van der Waals surface area contributed by atoms with Crippen molar-refractivity contribution >= 4 is 46.8 Å². The molecule has 2 heterocycles. The Morgan fingerprint density at radius 1 is 1.14 bits per heavy atom. The van der Waals surface area contributed by atoms with Crippen LogP contribution in [0.15, 0.2) is 48.0 Å². The van der Waals surface area contributed by atoms with E-state index >= 15 is 0 Å². The molecule has 196 valence electrons. The highest BCUT2D eigenvalue weighted by molar-refractivity contribution is 6.35. The highest BCUT2D eigenvalue weighted by Gasteiger charge is 2.53. The van der Waals surface area contributed by atoms with Crippen LogP contribution in [0.1, 0.15) is 55.1 Å². The minimum absolute atomic E-state index is 0.0305. The summed E-state index contributed by atoms with van der Waals surface area (Å²) in [6.45, 7) is 6.58. The van der Waals surface area contributed by atoms with Crippen LogP contribution in [0, 0.1) is 0 Å². The molecule has 4 rings (SSSR count). The SMILES string of the molecule is CC(C)(C)OC(=O)N1CCC(=CCN2C(=O)C(O)(c3ccccc3Cl)c3c(Cl)cc(C(N)=O)cc32)CC1. The number of likely N-dealkylation sites (tertiary alicyclic amines) is 1. The number of ether oxygens (including phenoxy) is 1. The van der Waals surface area contributed by atoms with E-state index in [0.29, 0.717) is 25.9 Å². The first kappa shape index (κ1) is 27.0. The maximum Gasteiger partial charge on any atom is 0.410 e. The average molecular weight is 546 g/mol. The molecule has 0 saturated carbocycles. The number of hydrogen-bond acceptors (Lipinski definition) is 5. The number of carbonyl (C=O) groups is 3. The van der Waals surface area contributed by atoms with Gasteiger partial charge in [0.2, 0.25) is 5.91 Å². The molecule has 10 heteroatoms. The monoisotopic (exact) mass is 545 g/mol. The van der Waals surface area contributed by atoms with Crippen LogP contribution in [0.2, 0.25) is 10.0 Å². The molecular weight excluding hydrogens is 517 g/mol. The van der Waals surface area contributed by atoms with E-state index in [4.69, 9.17) is 33.7 Å². The lowest BCUT2D eigenvalue weighted by molar-refractivity contribution is -0.132. The number of amides is 3. The molecule has 0 aromatic heterocycles. The van der Waals surface area contributed by atoms with Crippen LogP contribution < -0.4 is 10.6 Å². The summed E-state index contributed by atoms with van der Waals surface area (Å²) >= 11 is 12.9. The number of rotatable bonds is 4. The molecule has 1 atom stereocenters. The van der Waals surface area contributed by atoms with Gasteiger partial charge in [-0.15, -0.1) is 0 Å². The molecule has 3 amide bonds. The fraction of sp³-hybridized carbons (Fsp3) is 0.370. The van der Waals surface area contributed by atoms with E-state index in [1.165, 1.54) is 17.0 Å². The number of carbonyl (C=O) groups excluding carboxylic acids is 3. The summed E-state index contributed by atoms with van der Waals surface area (Å²) in [5, 5.41) is 12.0. The van der Waals surface area contributed by atoms with Crippen LogP contribution in [-0.4, -0.2) is 53.1 Å². The van der Waals surface area contributed by atoms with E-state index in [1.807, 2.05) is 26.8 Å². The number of benzene rings is 2. The van der Waals surface area contributed by atoms with Gasteiger partial charge in [0.15, 0.2) is 5.60 Å². The molecule has 0 spiro atoms. The van der Waals surface area contributed by atoms with Gasteiger partial charge in [-0.1, -0.05) is 53.1 Å². The van der Waals surface area contributed by atoms with E-state index in [2.05, 4.69) is 0 Å². The van der Waals surface area contributed by atoms with E-state index < -0.39 is 23.0 Å². The quantitative estimate of drug-likeness (QED) is 0.543. The van der Waals surface area contributed by atoms with Gasteiger partial charge in [0, 0.05) is 41.3 Å². The summed E-state index contributed by atoms with van der Waals surface area (Å²) in [7, 11) is 0. The molecular formula is C27H29Cl2N3O5. The predicted molar refractivity (Wildman–Crippen MR) is 142 cm³/mol. The molecule has 2 aliphatic rings. The number of nitrogens with zero attached hydrogens (tertiary/aromatic N) is 2. The summed E-state index contributed by atoms with van der Waals surface area (Å²) in [6.07, 6.45) is 2.78. The van der Waals surface area contributed by atoms with Gasteiger partial charge in [-0.25, -0.2) is 4.79 Å². The largest absolute Gasteiger partial charge is 0.444 e. The number of fused-ring (bicyclic) bond motifs is 1. The number of anilines is 1. The molecule has 2 aromatic carbocycles. The van der Waals surface area contributed by atoms with Gasteiger partial charge in [-0.2, -0.15) is 0 Å². The van der Waals surface area contributed by atoms with Crippen molar-refractivity contribution in [3.8, 4) is 0 Å². The van der Waals surface area contributed by atoms with Gasteiger partial charge in [-0.05, 0) is 51.8 Å². The normalized spacial score (nSPS) is 19.6. The second-order valence-electron chi connectivity index (χ2n) is 10.2. The third kappa shape index (κ3) is 5.19. The number of aliphatic hydroxyl groups is 1. The Morgan fingerprint density at radius 3 is 2.38 bits per heavy atom. The molecule has 1 unspecified atom stereocenters. The van der Waals surface area contributed by atoms with Crippen molar-refractivity contribution in [2.75, 3.05) is 24.5 Å². The topological polar surface area (TPSA) is 113 Å². The molecule has 0 bridgehead atoms. The maximum atomic E-state index is 13.8. The lowest BCUT2D eigenvalue weighted by atomic mass is 9.87. The van der Waals surface area contributed by atoms with Crippen LogP contribution in [0.25, 0.3) is 0 Å². The Balaban J connectivity index is 1.63. The van der Waals surface area contributed by atoms with Gasteiger partial charge >= 0.3 is 6.09 Å².